The quantitative estimate of drug-likeness (QED) is 0.598. The van der Waals surface area contributed by atoms with Crippen molar-refractivity contribution in [3.8, 4) is 0 Å². The van der Waals surface area contributed by atoms with Gasteiger partial charge < -0.3 is 10.1 Å². The Hall–Kier alpha value is -3.09. The number of nitrogens with one attached hydrogen (secondary N) is 1. The van der Waals surface area contributed by atoms with Crippen molar-refractivity contribution in [3.05, 3.63) is 71.4 Å². The summed E-state index contributed by atoms with van der Waals surface area (Å²) in [7, 11) is 0. The van der Waals surface area contributed by atoms with E-state index in [4.69, 9.17) is 4.74 Å². The third-order valence-corrected chi connectivity index (χ3v) is 4.26. The molecule has 0 aliphatic carbocycles. The van der Waals surface area contributed by atoms with E-state index in [0.717, 1.165) is 17.8 Å². The highest BCUT2D eigenvalue weighted by molar-refractivity contribution is 6.05. The number of hydrogen-bond acceptors (Lipinski definition) is 4. The minimum atomic E-state index is -4.54. The third kappa shape index (κ3) is 4.24. The summed E-state index contributed by atoms with van der Waals surface area (Å²) in [5.41, 5.74) is 0.436. The normalized spacial score (nSPS) is 11.4. The van der Waals surface area contributed by atoms with Gasteiger partial charge in [0.1, 0.15) is 5.56 Å². The number of aromatic nitrogens is 1. The van der Waals surface area contributed by atoms with Crippen LogP contribution in [0.15, 0.2) is 54.7 Å². The molecular formula is C21H19F3N2O2. The molecule has 2 aromatic carbocycles. The van der Waals surface area contributed by atoms with Gasteiger partial charge in [0.15, 0.2) is 0 Å². The van der Waals surface area contributed by atoms with E-state index in [2.05, 4.69) is 10.3 Å². The second-order valence-electron chi connectivity index (χ2n) is 6.13. The molecule has 0 bridgehead atoms. The van der Waals surface area contributed by atoms with Crippen molar-refractivity contribution in [1.29, 1.82) is 0 Å². The average molecular weight is 388 g/mol. The molecule has 146 valence electrons. The molecule has 0 spiro atoms. The summed E-state index contributed by atoms with van der Waals surface area (Å²) in [6, 6.07) is 13.5. The van der Waals surface area contributed by atoms with Gasteiger partial charge >= 0.3 is 12.1 Å². The van der Waals surface area contributed by atoms with Gasteiger partial charge in [0, 0.05) is 18.1 Å². The van der Waals surface area contributed by atoms with E-state index in [0.29, 0.717) is 18.7 Å². The second kappa shape index (κ2) is 8.29. The number of hydrogen-bond donors (Lipinski definition) is 1. The first-order chi connectivity index (χ1) is 13.4. The van der Waals surface area contributed by atoms with Crippen molar-refractivity contribution in [2.24, 2.45) is 0 Å². The van der Waals surface area contributed by atoms with E-state index >= 15 is 0 Å². The molecule has 3 aromatic rings. The molecule has 0 aliphatic rings. The summed E-state index contributed by atoms with van der Waals surface area (Å²) < 4.78 is 45.1. The number of anilines is 1. The highest BCUT2D eigenvalue weighted by atomic mass is 19.4. The van der Waals surface area contributed by atoms with Crippen LogP contribution in [-0.2, 0) is 17.3 Å². The minimum Gasteiger partial charge on any atom is -0.462 e. The van der Waals surface area contributed by atoms with E-state index in [1.54, 1.807) is 6.92 Å². The van der Waals surface area contributed by atoms with Crippen molar-refractivity contribution in [3.63, 3.8) is 0 Å². The van der Waals surface area contributed by atoms with Gasteiger partial charge in [0.2, 0.25) is 0 Å². The number of benzene rings is 2. The smallest absolute Gasteiger partial charge is 0.418 e. The van der Waals surface area contributed by atoms with Gasteiger partial charge in [-0.15, -0.1) is 0 Å². The van der Waals surface area contributed by atoms with Crippen molar-refractivity contribution in [1.82, 2.24) is 4.98 Å². The lowest BCUT2D eigenvalue weighted by atomic mass is 10.0. The Balaban J connectivity index is 2.02. The summed E-state index contributed by atoms with van der Waals surface area (Å²) >= 11 is 0. The predicted molar refractivity (Wildman–Crippen MR) is 101 cm³/mol. The second-order valence-corrected chi connectivity index (χ2v) is 6.13. The van der Waals surface area contributed by atoms with Gasteiger partial charge in [-0.1, -0.05) is 42.5 Å². The summed E-state index contributed by atoms with van der Waals surface area (Å²) in [5.74, 6) is -0.628. The van der Waals surface area contributed by atoms with Crippen LogP contribution in [0.3, 0.4) is 0 Å². The maximum atomic E-state index is 13.4. The fraction of sp³-hybridized carbons (Fsp3) is 0.238. The molecular weight excluding hydrogens is 369 g/mol. The molecule has 1 heterocycles. The standard InChI is InChI=1S/C21H19F3N2O2/c1-2-28-20(27)16-13-26-19-15(9-6-10-17(19)21(22,23)24)18(16)25-12-11-14-7-4-3-5-8-14/h3-10,13H,2,11-12H2,1H3,(H,25,26). The zero-order valence-electron chi connectivity index (χ0n) is 15.2. The lowest BCUT2D eigenvalue weighted by Crippen LogP contribution is -2.14. The Bertz CT molecular complexity index is 973. The fourth-order valence-electron chi connectivity index (χ4n) is 2.98. The van der Waals surface area contributed by atoms with Crippen LogP contribution in [0.4, 0.5) is 18.9 Å². The first-order valence-electron chi connectivity index (χ1n) is 8.85. The van der Waals surface area contributed by atoms with E-state index < -0.39 is 17.7 Å². The topological polar surface area (TPSA) is 51.2 Å². The van der Waals surface area contributed by atoms with Crippen LogP contribution in [0, 0.1) is 0 Å². The number of esters is 1. The van der Waals surface area contributed by atoms with Crippen LogP contribution in [0.5, 0.6) is 0 Å². The van der Waals surface area contributed by atoms with Crippen molar-refractivity contribution < 1.29 is 22.7 Å². The highest BCUT2D eigenvalue weighted by Gasteiger charge is 2.34. The van der Waals surface area contributed by atoms with Crippen LogP contribution in [-0.4, -0.2) is 24.1 Å². The number of nitrogens with zero attached hydrogens (tertiary/aromatic N) is 1. The van der Waals surface area contributed by atoms with Gasteiger partial charge in [-0.3, -0.25) is 4.98 Å². The van der Waals surface area contributed by atoms with E-state index in [1.807, 2.05) is 30.3 Å². The van der Waals surface area contributed by atoms with Gasteiger partial charge in [-0.25, -0.2) is 4.79 Å². The molecule has 0 saturated heterocycles. The molecule has 0 saturated carbocycles. The molecule has 0 atom stereocenters. The molecule has 4 nitrogen and oxygen atoms in total. The number of pyridine rings is 1. The first-order valence-corrected chi connectivity index (χ1v) is 8.85. The lowest BCUT2D eigenvalue weighted by Gasteiger charge is -2.16. The number of para-hydroxylation sites is 1. The van der Waals surface area contributed by atoms with Crippen LogP contribution >= 0.6 is 0 Å². The predicted octanol–water partition coefficient (Wildman–Crippen LogP) is 5.08. The number of alkyl halides is 3. The molecule has 0 amide bonds. The number of ether oxygens (including phenoxy) is 1. The van der Waals surface area contributed by atoms with E-state index in [-0.39, 0.29) is 23.1 Å². The Labute approximate surface area is 160 Å². The molecule has 7 heteroatoms. The summed E-state index contributed by atoms with van der Waals surface area (Å²) in [6.07, 6.45) is -2.76. The SMILES string of the molecule is CCOC(=O)c1cnc2c(C(F)(F)F)cccc2c1NCCc1ccccc1. The van der Waals surface area contributed by atoms with Gasteiger partial charge in [0.25, 0.3) is 0 Å². The highest BCUT2D eigenvalue weighted by Crippen LogP contribution is 2.37. The Kier molecular flexibility index (Phi) is 5.82. The monoisotopic (exact) mass is 388 g/mol. The first kappa shape index (κ1) is 19.7. The molecule has 0 unspecified atom stereocenters. The third-order valence-electron chi connectivity index (χ3n) is 4.26. The Morgan fingerprint density at radius 3 is 2.54 bits per heavy atom. The summed E-state index contributed by atoms with van der Waals surface area (Å²) in [5, 5.41) is 3.34. The number of halogens is 3. The maximum Gasteiger partial charge on any atom is 0.418 e. The minimum absolute atomic E-state index is 0.113. The fourth-order valence-corrected chi connectivity index (χ4v) is 2.98. The molecule has 28 heavy (non-hydrogen) atoms. The number of rotatable bonds is 6. The summed E-state index contributed by atoms with van der Waals surface area (Å²) in [6.45, 7) is 2.26. The van der Waals surface area contributed by atoms with Crippen molar-refractivity contribution in [2.45, 2.75) is 19.5 Å². The largest absolute Gasteiger partial charge is 0.462 e. The van der Waals surface area contributed by atoms with Crippen LogP contribution in [0.2, 0.25) is 0 Å². The molecule has 0 fully saturated rings. The maximum absolute atomic E-state index is 13.4. The van der Waals surface area contributed by atoms with Crippen LogP contribution in [0.1, 0.15) is 28.4 Å². The van der Waals surface area contributed by atoms with E-state index in [9.17, 15) is 18.0 Å². The van der Waals surface area contributed by atoms with Crippen molar-refractivity contribution >= 4 is 22.6 Å². The summed E-state index contributed by atoms with van der Waals surface area (Å²) in [4.78, 5) is 16.2. The van der Waals surface area contributed by atoms with Gasteiger partial charge in [-0.2, -0.15) is 13.2 Å². The molecule has 1 aromatic heterocycles. The molecule has 0 aliphatic heterocycles. The molecule has 3 rings (SSSR count). The van der Waals surface area contributed by atoms with Crippen molar-refractivity contribution in [2.75, 3.05) is 18.5 Å². The number of carbonyl (C=O) groups is 1. The van der Waals surface area contributed by atoms with Gasteiger partial charge in [-0.05, 0) is 25.0 Å². The lowest BCUT2D eigenvalue weighted by molar-refractivity contribution is -0.136. The Morgan fingerprint density at radius 1 is 1.11 bits per heavy atom. The number of carbonyl (C=O) groups excluding carboxylic acids is 1. The zero-order valence-corrected chi connectivity index (χ0v) is 15.2. The Morgan fingerprint density at radius 2 is 1.86 bits per heavy atom. The van der Waals surface area contributed by atoms with E-state index in [1.165, 1.54) is 12.1 Å². The average Bonchev–Trinajstić information content (AvgIpc) is 2.67. The van der Waals surface area contributed by atoms with Gasteiger partial charge in [0.05, 0.1) is 23.4 Å². The van der Waals surface area contributed by atoms with Crippen LogP contribution < -0.4 is 5.32 Å². The molecule has 1 N–H and O–H groups in total. The van der Waals surface area contributed by atoms with Crippen LogP contribution in [0.25, 0.3) is 10.9 Å². The zero-order chi connectivity index (χ0) is 20.1. The molecule has 0 radical (unpaired) electrons. The number of fused-ring (bicyclic) bond motifs is 1.